The molecule has 0 amide bonds. The van der Waals surface area contributed by atoms with Gasteiger partial charge in [-0.15, -0.1) is 0 Å². The zero-order valence-electron chi connectivity index (χ0n) is 10.1. The van der Waals surface area contributed by atoms with Crippen molar-refractivity contribution in [3.63, 3.8) is 0 Å². The maximum Gasteiger partial charge on any atom is 0.265 e. The first-order valence-corrected chi connectivity index (χ1v) is 6.43. The Morgan fingerprint density at radius 1 is 1.50 bits per heavy atom. The molecule has 0 aliphatic carbocycles. The number of halogens is 1. The summed E-state index contributed by atoms with van der Waals surface area (Å²) in [5.41, 5.74) is 8.31. The first-order valence-electron chi connectivity index (χ1n) is 5.63. The second-order valence-electron chi connectivity index (χ2n) is 4.13. The maximum absolute atomic E-state index is 12.0. The van der Waals surface area contributed by atoms with E-state index < -0.39 is 0 Å². The molecular formula is C13H14BrN3O. The van der Waals surface area contributed by atoms with Gasteiger partial charge in [0.1, 0.15) is 0 Å². The number of nitrogen functional groups attached to an aromatic ring is 1. The zero-order chi connectivity index (χ0) is 13.1. The quantitative estimate of drug-likeness (QED) is 0.945. The first-order chi connectivity index (χ1) is 8.59. The first kappa shape index (κ1) is 12.8. The molecule has 2 aromatic heterocycles. The number of hydrogen-bond donors (Lipinski definition) is 1. The van der Waals surface area contributed by atoms with Gasteiger partial charge in [-0.2, -0.15) is 0 Å². The lowest BCUT2D eigenvalue weighted by atomic mass is 10.2. The molecule has 0 bridgehead atoms. The van der Waals surface area contributed by atoms with E-state index in [9.17, 15) is 4.79 Å². The summed E-state index contributed by atoms with van der Waals surface area (Å²) in [7, 11) is 0. The lowest BCUT2D eigenvalue weighted by Crippen LogP contribution is -2.23. The summed E-state index contributed by atoms with van der Waals surface area (Å²) in [6.45, 7) is 2.42. The van der Waals surface area contributed by atoms with E-state index >= 15 is 0 Å². The summed E-state index contributed by atoms with van der Waals surface area (Å²) >= 11 is 3.28. The molecule has 0 saturated carbocycles. The highest BCUT2D eigenvalue weighted by Gasteiger charge is 2.08. The van der Waals surface area contributed by atoms with Gasteiger partial charge in [0.2, 0.25) is 0 Å². The van der Waals surface area contributed by atoms with Crippen molar-refractivity contribution < 1.29 is 0 Å². The summed E-state index contributed by atoms with van der Waals surface area (Å²) in [6.07, 6.45) is 5.98. The number of nitrogens with zero attached hydrogens (tertiary/aromatic N) is 2. The van der Waals surface area contributed by atoms with Gasteiger partial charge < -0.3 is 10.3 Å². The largest absolute Gasteiger partial charge is 0.397 e. The summed E-state index contributed by atoms with van der Waals surface area (Å²) in [6, 6.07) is 3.88. The molecule has 0 unspecified atom stereocenters. The van der Waals surface area contributed by atoms with E-state index in [-0.39, 0.29) is 5.56 Å². The predicted octanol–water partition coefficient (Wildman–Crippen LogP) is 2.14. The Kier molecular flexibility index (Phi) is 3.81. The molecular weight excluding hydrogens is 294 g/mol. The standard InChI is InChI=1S/C13H14BrN3O/c1-9-11(15)8-17(13(18)12(9)14)6-4-10-3-2-5-16-7-10/h2-3,5,7-8H,4,6,15H2,1H3. The number of rotatable bonds is 3. The molecule has 0 fully saturated rings. The number of hydrogen-bond acceptors (Lipinski definition) is 3. The summed E-state index contributed by atoms with van der Waals surface area (Å²) < 4.78 is 2.16. The van der Waals surface area contributed by atoms with Gasteiger partial charge in [-0.25, -0.2) is 0 Å². The minimum atomic E-state index is -0.0504. The highest BCUT2D eigenvalue weighted by Crippen LogP contribution is 2.17. The van der Waals surface area contributed by atoms with Gasteiger partial charge in [0.15, 0.2) is 0 Å². The fourth-order valence-electron chi connectivity index (χ4n) is 1.70. The Balaban J connectivity index is 2.23. The minimum absolute atomic E-state index is 0.0504. The molecule has 0 aliphatic rings. The Morgan fingerprint density at radius 3 is 2.94 bits per heavy atom. The molecule has 2 aromatic rings. The fourth-order valence-corrected chi connectivity index (χ4v) is 2.15. The molecule has 4 nitrogen and oxygen atoms in total. The number of pyridine rings is 2. The molecule has 0 atom stereocenters. The van der Waals surface area contributed by atoms with Gasteiger partial charge >= 0.3 is 0 Å². The molecule has 0 aliphatic heterocycles. The summed E-state index contributed by atoms with van der Waals surface area (Å²) in [5.74, 6) is 0. The van der Waals surface area contributed by atoms with Crippen molar-refractivity contribution in [2.45, 2.75) is 19.9 Å². The predicted molar refractivity (Wildman–Crippen MR) is 75.5 cm³/mol. The third-order valence-electron chi connectivity index (χ3n) is 2.87. The van der Waals surface area contributed by atoms with Crippen LogP contribution in [-0.2, 0) is 13.0 Å². The van der Waals surface area contributed by atoms with Crippen LogP contribution in [0.15, 0.2) is 40.0 Å². The van der Waals surface area contributed by atoms with Crippen molar-refractivity contribution in [3.8, 4) is 0 Å². The number of aryl methyl sites for hydroxylation is 2. The fraction of sp³-hybridized carbons (Fsp3) is 0.231. The average molecular weight is 308 g/mol. The van der Waals surface area contributed by atoms with Crippen molar-refractivity contribution in [2.24, 2.45) is 0 Å². The normalized spacial score (nSPS) is 10.6. The third kappa shape index (κ3) is 2.61. The van der Waals surface area contributed by atoms with Gasteiger partial charge in [0.05, 0.1) is 10.2 Å². The van der Waals surface area contributed by atoms with Crippen LogP contribution in [0.4, 0.5) is 5.69 Å². The molecule has 5 heteroatoms. The molecule has 2 rings (SSSR count). The van der Waals surface area contributed by atoms with Crippen LogP contribution in [0.25, 0.3) is 0 Å². The van der Waals surface area contributed by atoms with Crippen molar-refractivity contribution in [3.05, 3.63) is 56.7 Å². The van der Waals surface area contributed by atoms with E-state index in [0.717, 1.165) is 17.5 Å². The zero-order valence-corrected chi connectivity index (χ0v) is 11.6. The average Bonchev–Trinajstić information content (AvgIpc) is 2.40. The highest BCUT2D eigenvalue weighted by molar-refractivity contribution is 9.10. The van der Waals surface area contributed by atoms with Crippen molar-refractivity contribution in [1.82, 2.24) is 9.55 Å². The smallest absolute Gasteiger partial charge is 0.265 e. The van der Waals surface area contributed by atoms with Crippen molar-refractivity contribution >= 4 is 21.6 Å². The lowest BCUT2D eigenvalue weighted by molar-refractivity contribution is 0.665. The van der Waals surface area contributed by atoms with Gasteiger partial charge in [-0.1, -0.05) is 6.07 Å². The van der Waals surface area contributed by atoms with Gasteiger partial charge in [0, 0.05) is 25.1 Å². The molecule has 18 heavy (non-hydrogen) atoms. The highest BCUT2D eigenvalue weighted by atomic mass is 79.9. The van der Waals surface area contributed by atoms with Gasteiger partial charge in [-0.05, 0) is 46.5 Å². The Morgan fingerprint density at radius 2 is 2.28 bits per heavy atom. The third-order valence-corrected chi connectivity index (χ3v) is 3.80. The van der Waals surface area contributed by atoms with Gasteiger partial charge in [-0.3, -0.25) is 9.78 Å². The van der Waals surface area contributed by atoms with E-state index in [0.29, 0.717) is 16.7 Å². The Hall–Kier alpha value is -1.62. The molecule has 0 saturated heterocycles. The topological polar surface area (TPSA) is 60.9 Å². The van der Waals surface area contributed by atoms with Crippen molar-refractivity contribution in [2.75, 3.05) is 5.73 Å². The number of nitrogens with two attached hydrogens (primary N) is 1. The summed E-state index contributed by atoms with van der Waals surface area (Å²) in [4.78, 5) is 16.1. The number of aromatic nitrogens is 2. The van der Waals surface area contributed by atoms with E-state index in [2.05, 4.69) is 20.9 Å². The monoisotopic (exact) mass is 307 g/mol. The van der Waals surface area contributed by atoms with Crippen LogP contribution in [0, 0.1) is 6.92 Å². The van der Waals surface area contributed by atoms with Crippen LogP contribution in [-0.4, -0.2) is 9.55 Å². The van der Waals surface area contributed by atoms with Crippen molar-refractivity contribution in [1.29, 1.82) is 0 Å². The van der Waals surface area contributed by atoms with E-state index in [1.807, 2.05) is 19.1 Å². The lowest BCUT2D eigenvalue weighted by Gasteiger charge is -2.10. The van der Waals surface area contributed by atoms with E-state index in [1.54, 1.807) is 23.2 Å². The van der Waals surface area contributed by atoms with Crippen LogP contribution in [0.1, 0.15) is 11.1 Å². The van der Waals surface area contributed by atoms with E-state index in [4.69, 9.17) is 5.73 Å². The number of anilines is 1. The van der Waals surface area contributed by atoms with Crippen LogP contribution >= 0.6 is 15.9 Å². The van der Waals surface area contributed by atoms with Gasteiger partial charge in [0.25, 0.3) is 5.56 Å². The second kappa shape index (κ2) is 5.35. The van der Waals surface area contributed by atoms with Crippen LogP contribution in [0.3, 0.4) is 0 Å². The van der Waals surface area contributed by atoms with Crippen LogP contribution in [0.2, 0.25) is 0 Å². The molecule has 0 spiro atoms. The maximum atomic E-state index is 12.0. The van der Waals surface area contributed by atoms with Crippen LogP contribution < -0.4 is 11.3 Å². The Bertz CT molecular complexity index is 608. The minimum Gasteiger partial charge on any atom is -0.397 e. The SMILES string of the molecule is Cc1c(N)cn(CCc2cccnc2)c(=O)c1Br. The molecule has 0 aromatic carbocycles. The molecule has 2 heterocycles. The molecule has 0 radical (unpaired) electrons. The molecule has 2 N–H and O–H groups in total. The summed E-state index contributed by atoms with van der Waals surface area (Å²) in [5, 5.41) is 0. The Labute approximate surface area is 114 Å². The van der Waals surface area contributed by atoms with E-state index in [1.165, 1.54) is 0 Å². The molecule has 94 valence electrons. The second-order valence-corrected chi connectivity index (χ2v) is 4.93. The van der Waals surface area contributed by atoms with Crippen LogP contribution in [0.5, 0.6) is 0 Å².